The Kier molecular flexibility index (Phi) is 9.02. The van der Waals surface area contributed by atoms with E-state index in [2.05, 4.69) is 6.92 Å². The first-order valence-electron chi connectivity index (χ1n) is 7.56. The van der Waals surface area contributed by atoms with E-state index in [1.54, 1.807) is 0 Å². The predicted molar refractivity (Wildman–Crippen MR) is 98.0 cm³/mol. The lowest BCUT2D eigenvalue weighted by atomic mass is 9.88. The van der Waals surface area contributed by atoms with E-state index < -0.39 is 11.9 Å². The average Bonchev–Trinajstić information content (AvgIpc) is 2.51. The van der Waals surface area contributed by atoms with Crippen molar-refractivity contribution in [2.45, 2.75) is 39.0 Å². The van der Waals surface area contributed by atoms with Gasteiger partial charge in [0.15, 0.2) is 0 Å². The Morgan fingerprint density at radius 2 is 1.78 bits per heavy atom. The Morgan fingerprint density at radius 3 is 2.22 bits per heavy atom. The number of carboxylic acid groups (broad SMARTS) is 1. The number of rotatable bonds is 9. The van der Waals surface area contributed by atoms with E-state index in [0.717, 1.165) is 24.8 Å². The van der Waals surface area contributed by atoms with Gasteiger partial charge in [-0.05, 0) is 36.8 Å². The summed E-state index contributed by atoms with van der Waals surface area (Å²) < 4.78 is 0. The topological polar surface area (TPSA) is 63.3 Å². The van der Waals surface area contributed by atoms with E-state index in [9.17, 15) is 4.79 Å². The molecule has 0 aliphatic carbocycles. The summed E-state index contributed by atoms with van der Waals surface area (Å²) in [6, 6.07) is 1.53. The van der Waals surface area contributed by atoms with Gasteiger partial charge in [0, 0.05) is 6.54 Å². The van der Waals surface area contributed by atoms with Crippen LogP contribution in [0.2, 0.25) is 20.1 Å². The molecule has 1 rings (SSSR count). The highest BCUT2D eigenvalue weighted by Crippen LogP contribution is 2.38. The maximum Gasteiger partial charge on any atom is 0.307 e. The van der Waals surface area contributed by atoms with Crippen molar-refractivity contribution in [3.05, 3.63) is 31.7 Å². The minimum atomic E-state index is -0.835. The quantitative estimate of drug-likeness (QED) is 0.522. The van der Waals surface area contributed by atoms with Gasteiger partial charge in [-0.15, -0.1) is 0 Å². The van der Waals surface area contributed by atoms with Crippen molar-refractivity contribution >= 4 is 52.4 Å². The van der Waals surface area contributed by atoms with E-state index in [1.165, 1.54) is 6.07 Å². The Balaban J connectivity index is 2.67. The summed E-state index contributed by atoms with van der Waals surface area (Å²) in [6.07, 6.45) is 3.83. The molecular formula is C16H21Cl4NO2. The molecule has 2 atom stereocenters. The van der Waals surface area contributed by atoms with Crippen molar-refractivity contribution in [3.63, 3.8) is 0 Å². The largest absolute Gasteiger partial charge is 0.481 e. The monoisotopic (exact) mass is 399 g/mol. The minimum absolute atomic E-state index is 0.160. The van der Waals surface area contributed by atoms with E-state index in [1.807, 2.05) is 0 Å². The minimum Gasteiger partial charge on any atom is -0.481 e. The SMILES string of the molecule is CCC(CCCc1c(Cl)c(Cl)cc(Cl)c1Cl)CC(CN)C(=O)O. The zero-order chi connectivity index (χ0) is 17.6. The summed E-state index contributed by atoms with van der Waals surface area (Å²) >= 11 is 24.5. The maximum atomic E-state index is 11.1. The van der Waals surface area contributed by atoms with Crippen LogP contribution in [0.3, 0.4) is 0 Å². The molecule has 0 radical (unpaired) electrons. The summed E-state index contributed by atoms with van der Waals surface area (Å²) in [7, 11) is 0. The first-order chi connectivity index (χ1) is 10.8. The molecule has 0 saturated carbocycles. The zero-order valence-corrected chi connectivity index (χ0v) is 15.9. The molecule has 0 saturated heterocycles. The van der Waals surface area contributed by atoms with Gasteiger partial charge in [-0.2, -0.15) is 0 Å². The van der Waals surface area contributed by atoms with E-state index in [4.69, 9.17) is 57.2 Å². The number of aliphatic carboxylic acids is 1. The number of carboxylic acids is 1. The fourth-order valence-corrected chi connectivity index (χ4v) is 3.64. The molecule has 0 heterocycles. The van der Waals surface area contributed by atoms with Crippen molar-refractivity contribution in [3.8, 4) is 0 Å². The number of hydrogen-bond donors (Lipinski definition) is 2. The molecule has 3 nitrogen and oxygen atoms in total. The molecule has 0 aromatic heterocycles. The molecule has 1 aromatic carbocycles. The highest BCUT2D eigenvalue weighted by Gasteiger charge is 2.21. The lowest BCUT2D eigenvalue weighted by Crippen LogP contribution is -2.25. The Labute approximate surface area is 157 Å². The van der Waals surface area contributed by atoms with E-state index in [-0.39, 0.29) is 6.54 Å². The molecule has 23 heavy (non-hydrogen) atoms. The second-order valence-electron chi connectivity index (χ2n) is 5.62. The second kappa shape index (κ2) is 9.95. The highest BCUT2D eigenvalue weighted by atomic mass is 35.5. The smallest absolute Gasteiger partial charge is 0.307 e. The van der Waals surface area contributed by atoms with Crippen molar-refractivity contribution in [2.75, 3.05) is 6.54 Å². The van der Waals surface area contributed by atoms with Gasteiger partial charge in [-0.25, -0.2) is 0 Å². The van der Waals surface area contributed by atoms with Crippen molar-refractivity contribution in [1.29, 1.82) is 0 Å². The van der Waals surface area contributed by atoms with Crippen molar-refractivity contribution in [1.82, 2.24) is 0 Å². The van der Waals surface area contributed by atoms with Crippen LogP contribution in [0.4, 0.5) is 0 Å². The van der Waals surface area contributed by atoms with Crippen molar-refractivity contribution < 1.29 is 9.90 Å². The lowest BCUT2D eigenvalue weighted by molar-refractivity contribution is -0.142. The molecule has 0 aliphatic rings. The molecule has 130 valence electrons. The Hall–Kier alpha value is -0.190. The fourth-order valence-electron chi connectivity index (χ4n) is 2.60. The number of halogens is 4. The lowest BCUT2D eigenvalue weighted by Gasteiger charge is -2.19. The molecule has 3 N–H and O–H groups in total. The molecule has 0 aliphatic heterocycles. The first-order valence-corrected chi connectivity index (χ1v) is 9.07. The third kappa shape index (κ3) is 5.99. The van der Waals surface area contributed by atoms with Crippen LogP contribution in [-0.4, -0.2) is 17.6 Å². The van der Waals surface area contributed by atoms with Gasteiger partial charge in [0.1, 0.15) is 0 Å². The standard InChI is InChI=1S/C16H21Cl4NO2/c1-2-9(6-10(8-21)16(22)23)4-3-5-11-14(19)12(17)7-13(18)15(11)20/h7,9-10H,2-6,8,21H2,1H3,(H,22,23). The second-order valence-corrected chi connectivity index (χ2v) is 7.19. The number of nitrogens with two attached hydrogens (primary N) is 1. The third-order valence-electron chi connectivity index (χ3n) is 4.07. The summed E-state index contributed by atoms with van der Waals surface area (Å²) in [5.74, 6) is -1.03. The molecule has 0 bridgehead atoms. The van der Waals surface area contributed by atoms with Gasteiger partial charge in [0.2, 0.25) is 0 Å². The first kappa shape index (κ1) is 20.9. The number of hydrogen-bond acceptors (Lipinski definition) is 2. The molecule has 0 amide bonds. The normalized spacial score (nSPS) is 13.8. The summed E-state index contributed by atoms with van der Waals surface area (Å²) in [5.41, 5.74) is 6.27. The van der Waals surface area contributed by atoms with Crippen LogP contribution in [0.1, 0.15) is 38.2 Å². The van der Waals surface area contributed by atoms with Crippen LogP contribution in [0, 0.1) is 11.8 Å². The zero-order valence-electron chi connectivity index (χ0n) is 12.9. The molecule has 0 spiro atoms. The number of benzene rings is 1. The van der Waals surface area contributed by atoms with Crippen LogP contribution in [-0.2, 0) is 11.2 Å². The van der Waals surface area contributed by atoms with Gasteiger partial charge in [0.25, 0.3) is 0 Å². The van der Waals surface area contributed by atoms with E-state index >= 15 is 0 Å². The summed E-state index contributed by atoms with van der Waals surface area (Å²) in [4.78, 5) is 11.1. The van der Waals surface area contributed by atoms with Crippen LogP contribution >= 0.6 is 46.4 Å². The highest BCUT2D eigenvalue weighted by molar-refractivity contribution is 6.48. The van der Waals surface area contributed by atoms with Gasteiger partial charge in [-0.3, -0.25) is 4.79 Å². The third-order valence-corrected chi connectivity index (χ3v) is 5.72. The predicted octanol–water partition coefficient (Wildman–Crippen LogP) is 5.70. The van der Waals surface area contributed by atoms with Crippen LogP contribution in [0.15, 0.2) is 6.07 Å². The van der Waals surface area contributed by atoms with Crippen molar-refractivity contribution in [2.24, 2.45) is 17.6 Å². The van der Waals surface area contributed by atoms with Gasteiger partial charge in [-0.1, -0.05) is 66.2 Å². The van der Waals surface area contributed by atoms with Gasteiger partial charge < -0.3 is 10.8 Å². The average molecular weight is 401 g/mol. The van der Waals surface area contributed by atoms with Gasteiger partial charge >= 0.3 is 5.97 Å². The Morgan fingerprint density at radius 1 is 1.22 bits per heavy atom. The van der Waals surface area contributed by atoms with Crippen LogP contribution < -0.4 is 5.73 Å². The van der Waals surface area contributed by atoms with Crippen LogP contribution in [0.25, 0.3) is 0 Å². The molecule has 1 aromatic rings. The van der Waals surface area contributed by atoms with Gasteiger partial charge in [0.05, 0.1) is 26.0 Å². The van der Waals surface area contributed by atoms with E-state index in [0.29, 0.717) is 38.9 Å². The number of carbonyl (C=O) groups is 1. The molecule has 7 heteroatoms. The van der Waals surface area contributed by atoms with Crippen LogP contribution in [0.5, 0.6) is 0 Å². The molecular weight excluding hydrogens is 380 g/mol. The summed E-state index contributed by atoms with van der Waals surface area (Å²) in [6.45, 7) is 2.21. The molecule has 0 fully saturated rings. The molecule has 2 unspecified atom stereocenters. The fraction of sp³-hybridized carbons (Fsp3) is 0.562. The maximum absolute atomic E-state index is 11.1. The summed E-state index contributed by atoms with van der Waals surface area (Å²) in [5, 5.41) is 10.7. The Bertz CT molecular complexity index is 525.